The van der Waals surface area contributed by atoms with E-state index in [1.165, 1.54) is 29.7 Å². The minimum absolute atomic E-state index is 0.133. The van der Waals surface area contributed by atoms with Crippen molar-refractivity contribution in [1.82, 2.24) is 0 Å². The molecule has 0 unspecified atom stereocenters. The first-order valence-corrected chi connectivity index (χ1v) is 9.35. The van der Waals surface area contributed by atoms with Gasteiger partial charge in [-0.1, -0.05) is 48.5 Å². The lowest BCUT2D eigenvalue weighted by Gasteiger charge is -2.29. The molecule has 2 N–H and O–H groups in total. The van der Waals surface area contributed by atoms with Gasteiger partial charge >= 0.3 is 0 Å². The first-order valence-electron chi connectivity index (χ1n) is 9.35. The minimum Gasteiger partial charge on any atom is -0.327 e. The Labute approximate surface area is 151 Å². The third-order valence-corrected chi connectivity index (χ3v) is 5.34. The molecular formula is C22H29N2O+. The highest BCUT2D eigenvalue weighted by atomic mass is 16.2. The number of amides is 1. The Bertz CT molecular complexity index is 683. The number of piperidine rings is 1. The Morgan fingerprint density at radius 3 is 2.28 bits per heavy atom. The van der Waals surface area contributed by atoms with Gasteiger partial charge < -0.3 is 10.2 Å². The molecule has 0 aromatic heterocycles. The van der Waals surface area contributed by atoms with E-state index in [0.717, 1.165) is 35.8 Å². The van der Waals surface area contributed by atoms with Crippen LogP contribution in [0, 0.1) is 19.8 Å². The van der Waals surface area contributed by atoms with Crippen molar-refractivity contribution in [2.24, 2.45) is 5.92 Å². The maximum atomic E-state index is 12.4. The van der Waals surface area contributed by atoms with Crippen molar-refractivity contribution >= 4 is 11.6 Å². The van der Waals surface area contributed by atoms with Gasteiger partial charge in [0.25, 0.3) is 5.91 Å². The van der Waals surface area contributed by atoms with Crippen LogP contribution < -0.4 is 10.2 Å². The summed E-state index contributed by atoms with van der Waals surface area (Å²) >= 11 is 0. The van der Waals surface area contributed by atoms with E-state index in [-0.39, 0.29) is 5.91 Å². The van der Waals surface area contributed by atoms with Crippen LogP contribution in [-0.2, 0) is 11.2 Å². The van der Waals surface area contributed by atoms with Crippen LogP contribution >= 0.6 is 0 Å². The second kappa shape index (κ2) is 8.30. The summed E-state index contributed by atoms with van der Waals surface area (Å²) in [6.07, 6.45) is 3.59. The summed E-state index contributed by atoms with van der Waals surface area (Å²) in [5, 5.41) is 3.12. The van der Waals surface area contributed by atoms with Gasteiger partial charge in [0.1, 0.15) is 0 Å². The van der Waals surface area contributed by atoms with Gasteiger partial charge in [-0.15, -0.1) is 0 Å². The molecule has 0 aliphatic carbocycles. The molecule has 1 amide bonds. The monoisotopic (exact) mass is 337 g/mol. The molecule has 0 atom stereocenters. The standard InChI is InChI=1S/C22H28N2O/c1-17-7-6-8-18(2)22(17)23-21(25)16-24-13-11-20(12-14-24)15-19-9-4-3-5-10-19/h3-10,20H,11-16H2,1-2H3,(H,23,25)/p+1. The Hall–Kier alpha value is -2.13. The zero-order valence-electron chi connectivity index (χ0n) is 15.3. The van der Waals surface area contributed by atoms with Crippen LogP contribution in [0.15, 0.2) is 48.5 Å². The van der Waals surface area contributed by atoms with Crippen molar-refractivity contribution in [2.45, 2.75) is 33.1 Å². The number of anilines is 1. The third kappa shape index (κ3) is 4.93. The van der Waals surface area contributed by atoms with Gasteiger partial charge in [-0.05, 0) is 55.7 Å². The molecule has 25 heavy (non-hydrogen) atoms. The fourth-order valence-corrected chi connectivity index (χ4v) is 3.84. The molecule has 0 bridgehead atoms. The molecule has 2 aromatic carbocycles. The lowest BCUT2D eigenvalue weighted by molar-refractivity contribution is -0.898. The van der Waals surface area contributed by atoms with Crippen molar-refractivity contribution in [3.63, 3.8) is 0 Å². The van der Waals surface area contributed by atoms with Gasteiger partial charge in [0.05, 0.1) is 13.1 Å². The van der Waals surface area contributed by atoms with E-state index in [1.807, 2.05) is 32.0 Å². The number of para-hydroxylation sites is 1. The van der Waals surface area contributed by atoms with Gasteiger partial charge in [-0.3, -0.25) is 4.79 Å². The molecule has 2 aromatic rings. The molecule has 3 rings (SSSR count). The van der Waals surface area contributed by atoms with E-state index in [0.29, 0.717) is 6.54 Å². The zero-order valence-corrected chi connectivity index (χ0v) is 15.3. The lowest BCUT2D eigenvalue weighted by atomic mass is 9.90. The van der Waals surface area contributed by atoms with Crippen molar-refractivity contribution in [1.29, 1.82) is 0 Å². The summed E-state index contributed by atoms with van der Waals surface area (Å²) in [6, 6.07) is 16.9. The summed E-state index contributed by atoms with van der Waals surface area (Å²) < 4.78 is 0. The fraction of sp³-hybridized carbons (Fsp3) is 0.409. The van der Waals surface area contributed by atoms with Gasteiger partial charge in [0.15, 0.2) is 6.54 Å². The molecule has 1 fully saturated rings. The molecule has 1 saturated heterocycles. The van der Waals surface area contributed by atoms with Crippen LogP contribution in [0.3, 0.4) is 0 Å². The maximum Gasteiger partial charge on any atom is 0.279 e. The second-order valence-corrected chi connectivity index (χ2v) is 7.37. The molecule has 3 heteroatoms. The SMILES string of the molecule is Cc1cccc(C)c1NC(=O)C[NH+]1CCC(Cc2ccccc2)CC1. The van der Waals surface area contributed by atoms with Crippen molar-refractivity contribution < 1.29 is 9.69 Å². The van der Waals surface area contributed by atoms with Crippen LogP contribution in [0.2, 0.25) is 0 Å². The number of hydrogen-bond donors (Lipinski definition) is 2. The highest BCUT2D eigenvalue weighted by Crippen LogP contribution is 2.19. The summed E-state index contributed by atoms with van der Waals surface area (Å²) in [4.78, 5) is 13.8. The molecule has 132 valence electrons. The number of hydrogen-bond acceptors (Lipinski definition) is 1. The highest BCUT2D eigenvalue weighted by Gasteiger charge is 2.24. The van der Waals surface area contributed by atoms with E-state index < -0.39 is 0 Å². The van der Waals surface area contributed by atoms with Crippen molar-refractivity contribution in [3.8, 4) is 0 Å². The van der Waals surface area contributed by atoms with Gasteiger partial charge in [0.2, 0.25) is 0 Å². The van der Waals surface area contributed by atoms with E-state index in [2.05, 4.69) is 35.6 Å². The van der Waals surface area contributed by atoms with Crippen molar-refractivity contribution in [3.05, 3.63) is 65.2 Å². The molecule has 3 nitrogen and oxygen atoms in total. The van der Waals surface area contributed by atoms with Crippen molar-refractivity contribution in [2.75, 3.05) is 25.0 Å². The predicted molar refractivity (Wildman–Crippen MR) is 103 cm³/mol. The number of nitrogens with one attached hydrogen (secondary N) is 2. The van der Waals surface area contributed by atoms with Crippen LogP contribution in [0.4, 0.5) is 5.69 Å². The van der Waals surface area contributed by atoms with Crippen LogP contribution in [0.1, 0.15) is 29.5 Å². The molecule has 1 aliphatic heterocycles. The Kier molecular flexibility index (Phi) is 5.87. The first-order chi connectivity index (χ1) is 12.1. The summed E-state index contributed by atoms with van der Waals surface area (Å²) in [5.41, 5.74) is 4.67. The molecule has 1 heterocycles. The maximum absolute atomic E-state index is 12.4. The molecule has 0 spiro atoms. The zero-order chi connectivity index (χ0) is 17.6. The molecule has 0 saturated carbocycles. The highest BCUT2D eigenvalue weighted by molar-refractivity contribution is 5.93. The fourth-order valence-electron chi connectivity index (χ4n) is 3.84. The Morgan fingerprint density at radius 1 is 1.00 bits per heavy atom. The average Bonchev–Trinajstić information content (AvgIpc) is 2.61. The molecule has 0 radical (unpaired) electrons. The number of carbonyl (C=O) groups excluding carboxylic acids is 1. The number of aryl methyl sites for hydroxylation is 2. The van der Waals surface area contributed by atoms with E-state index in [4.69, 9.17) is 0 Å². The van der Waals surface area contributed by atoms with Crippen LogP contribution in [-0.4, -0.2) is 25.5 Å². The normalized spacial score (nSPS) is 20.2. The Morgan fingerprint density at radius 2 is 1.64 bits per heavy atom. The summed E-state index contributed by atoms with van der Waals surface area (Å²) in [6.45, 7) is 6.86. The van der Waals surface area contributed by atoms with Crippen LogP contribution in [0.5, 0.6) is 0 Å². The number of quaternary nitrogens is 1. The minimum atomic E-state index is 0.133. The van der Waals surface area contributed by atoms with E-state index in [1.54, 1.807) is 0 Å². The number of rotatable bonds is 5. The van der Waals surface area contributed by atoms with Gasteiger partial charge in [0, 0.05) is 5.69 Å². The van der Waals surface area contributed by atoms with E-state index >= 15 is 0 Å². The van der Waals surface area contributed by atoms with E-state index in [9.17, 15) is 4.79 Å². The second-order valence-electron chi connectivity index (χ2n) is 7.37. The average molecular weight is 337 g/mol. The number of carbonyl (C=O) groups is 1. The number of likely N-dealkylation sites (tertiary alicyclic amines) is 1. The van der Waals surface area contributed by atoms with Crippen LogP contribution in [0.25, 0.3) is 0 Å². The molecule has 1 aliphatic rings. The van der Waals surface area contributed by atoms with Gasteiger partial charge in [-0.2, -0.15) is 0 Å². The van der Waals surface area contributed by atoms with Gasteiger partial charge in [-0.25, -0.2) is 0 Å². The summed E-state index contributed by atoms with van der Waals surface area (Å²) in [7, 11) is 0. The predicted octanol–water partition coefficient (Wildman–Crippen LogP) is 2.78. The third-order valence-electron chi connectivity index (χ3n) is 5.34. The lowest BCUT2D eigenvalue weighted by Crippen LogP contribution is -3.14. The Balaban J connectivity index is 1.46. The molecular weight excluding hydrogens is 308 g/mol. The first kappa shape index (κ1) is 17.7. The smallest absolute Gasteiger partial charge is 0.279 e. The topological polar surface area (TPSA) is 33.5 Å². The quantitative estimate of drug-likeness (QED) is 0.864. The summed E-state index contributed by atoms with van der Waals surface area (Å²) in [5.74, 6) is 0.890. The number of benzene rings is 2. The largest absolute Gasteiger partial charge is 0.327 e.